The third-order valence-corrected chi connectivity index (χ3v) is 3.80. The molecule has 28 heavy (non-hydrogen) atoms. The second-order valence-corrected chi connectivity index (χ2v) is 5.88. The second-order valence-electron chi connectivity index (χ2n) is 5.88. The lowest BCUT2D eigenvalue weighted by Crippen LogP contribution is -2.16. The molecule has 0 fully saturated rings. The van der Waals surface area contributed by atoms with Crippen molar-refractivity contribution in [2.75, 3.05) is 17.2 Å². The molecule has 3 aromatic rings. The van der Waals surface area contributed by atoms with Crippen LogP contribution in [0.1, 0.15) is 28.8 Å². The summed E-state index contributed by atoms with van der Waals surface area (Å²) in [4.78, 5) is 21.1. The Morgan fingerprint density at radius 3 is 2.61 bits per heavy atom. The van der Waals surface area contributed by atoms with E-state index in [-0.39, 0.29) is 5.69 Å². The molecule has 0 bridgehead atoms. The van der Waals surface area contributed by atoms with Gasteiger partial charge in [-0.3, -0.25) is 4.79 Å². The predicted molar refractivity (Wildman–Crippen MR) is 107 cm³/mol. The molecule has 3 rings (SSSR count). The van der Waals surface area contributed by atoms with Crippen molar-refractivity contribution in [2.24, 2.45) is 0 Å². The molecule has 0 spiro atoms. The number of hydrogen-bond acceptors (Lipinski definition) is 6. The Bertz CT molecular complexity index is 1030. The lowest BCUT2D eigenvalue weighted by molar-refractivity contribution is 0.102. The van der Waals surface area contributed by atoms with Crippen molar-refractivity contribution in [1.82, 2.24) is 9.97 Å². The van der Waals surface area contributed by atoms with Gasteiger partial charge in [-0.2, -0.15) is 5.26 Å². The van der Waals surface area contributed by atoms with E-state index in [1.54, 1.807) is 37.3 Å². The molecule has 0 radical (unpaired) electrons. The van der Waals surface area contributed by atoms with Gasteiger partial charge in [0.2, 0.25) is 0 Å². The van der Waals surface area contributed by atoms with Gasteiger partial charge < -0.3 is 15.4 Å². The van der Waals surface area contributed by atoms with E-state index < -0.39 is 5.91 Å². The highest BCUT2D eigenvalue weighted by Gasteiger charge is 2.13. The molecule has 0 aliphatic rings. The Balaban J connectivity index is 1.79. The van der Waals surface area contributed by atoms with Gasteiger partial charge in [0.15, 0.2) is 0 Å². The summed E-state index contributed by atoms with van der Waals surface area (Å²) in [5.41, 5.74) is 1.83. The molecule has 7 nitrogen and oxygen atoms in total. The Labute approximate surface area is 163 Å². The first-order valence-electron chi connectivity index (χ1n) is 8.75. The van der Waals surface area contributed by atoms with Gasteiger partial charge in [0.1, 0.15) is 29.2 Å². The first-order valence-corrected chi connectivity index (χ1v) is 8.75. The second kappa shape index (κ2) is 8.64. The molecule has 2 aromatic carbocycles. The third kappa shape index (κ3) is 4.62. The molecule has 0 atom stereocenters. The zero-order valence-corrected chi connectivity index (χ0v) is 15.6. The van der Waals surface area contributed by atoms with Gasteiger partial charge >= 0.3 is 0 Å². The van der Waals surface area contributed by atoms with E-state index in [0.29, 0.717) is 29.5 Å². The Hall–Kier alpha value is -3.92. The van der Waals surface area contributed by atoms with E-state index in [0.717, 1.165) is 11.4 Å². The maximum absolute atomic E-state index is 12.6. The van der Waals surface area contributed by atoms with E-state index in [1.807, 2.05) is 31.2 Å². The van der Waals surface area contributed by atoms with E-state index in [9.17, 15) is 4.79 Å². The van der Waals surface area contributed by atoms with Crippen LogP contribution in [-0.4, -0.2) is 22.5 Å². The van der Waals surface area contributed by atoms with Gasteiger partial charge in [-0.05, 0) is 50.2 Å². The smallest absolute Gasteiger partial charge is 0.274 e. The summed E-state index contributed by atoms with van der Waals surface area (Å²) in [5.74, 6) is 1.32. The molecule has 0 saturated carbocycles. The van der Waals surface area contributed by atoms with Gasteiger partial charge in [0.25, 0.3) is 5.91 Å². The molecule has 0 saturated heterocycles. The van der Waals surface area contributed by atoms with Crippen LogP contribution in [-0.2, 0) is 0 Å². The minimum atomic E-state index is -0.414. The summed E-state index contributed by atoms with van der Waals surface area (Å²) in [6, 6.07) is 17.9. The predicted octanol–water partition coefficient (Wildman–Crippen LogP) is 4.05. The summed E-state index contributed by atoms with van der Waals surface area (Å²) < 4.78 is 5.43. The number of rotatable bonds is 6. The number of anilines is 3. The monoisotopic (exact) mass is 373 g/mol. The minimum absolute atomic E-state index is 0.202. The number of nitrogens with zero attached hydrogens (tertiary/aromatic N) is 3. The van der Waals surface area contributed by atoms with E-state index >= 15 is 0 Å². The number of nitriles is 1. The first-order chi connectivity index (χ1) is 13.6. The molecule has 1 aromatic heterocycles. The molecular formula is C21H19N5O2. The topological polar surface area (TPSA) is 99.9 Å². The average molecular weight is 373 g/mol. The summed E-state index contributed by atoms with van der Waals surface area (Å²) in [6.07, 6.45) is 0. The molecule has 140 valence electrons. The van der Waals surface area contributed by atoms with Crippen molar-refractivity contribution in [2.45, 2.75) is 13.8 Å². The van der Waals surface area contributed by atoms with Crippen LogP contribution in [0.3, 0.4) is 0 Å². The number of ether oxygens (including phenoxy) is 1. The third-order valence-electron chi connectivity index (χ3n) is 3.80. The number of aromatic nitrogens is 2. The average Bonchev–Trinajstić information content (AvgIpc) is 2.69. The van der Waals surface area contributed by atoms with Crippen LogP contribution < -0.4 is 15.4 Å². The fourth-order valence-corrected chi connectivity index (χ4v) is 2.57. The van der Waals surface area contributed by atoms with Gasteiger partial charge in [-0.1, -0.05) is 12.1 Å². The van der Waals surface area contributed by atoms with Crippen LogP contribution in [0.4, 0.5) is 17.2 Å². The normalized spacial score (nSPS) is 10.0. The fraction of sp³-hybridized carbons (Fsp3) is 0.143. The van der Waals surface area contributed by atoms with Crippen molar-refractivity contribution >= 4 is 23.1 Å². The lowest BCUT2D eigenvalue weighted by atomic mass is 10.2. The quantitative estimate of drug-likeness (QED) is 0.676. The number of benzene rings is 2. The summed E-state index contributed by atoms with van der Waals surface area (Å²) in [7, 11) is 0. The van der Waals surface area contributed by atoms with Gasteiger partial charge in [-0.15, -0.1) is 0 Å². The maximum Gasteiger partial charge on any atom is 0.274 e. The molecule has 2 N–H and O–H groups in total. The molecular weight excluding hydrogens is 354 g/mol. The number of aryl methyl sites for hydroxylation is 1. The fourth-order valence-electron chi connectivity index (χ4n) is 2.57. The van der Waals surface area contributed by atoms with Crippen molar-refractivity contribution in [1.29, 1.82) is 5.26 Å². The van der Waals surface area contributed by atoms with Gasteiger partial charge in [0, 0.05) is 11.8 Å². The summed E-state index contributed by atoms with van der Waals surface area (Å²) in [6.45, 7) is 4.24. The van der Waals surface area contributed by atoms with Crippen LogP contribution in [0.25, 0.3) is 0 Å². The van der Waals surface area contributed by atoms with Crippen molar-refractivity contribution < 1.29 is 9.53 Å². The first kappa shape index (κ1) is 18.9. The Kier molecular flexibility index (Phi) is 5.82. The maximum atomic E-state index is 12.6. The Morgan fingerprint density at radius 1 is 1.14 bits per heavy atom. The number of carbonyl (C=O) groups is 1. The number of carbonyl (C=O) groups excluding carboxylic acids is 1. The van der Waals surface area contributed by atoms with E-state index in [2.05, 4.69) is 26.7 Å². The molecule has 0 aliphatic carbocycles. The molecule has 7 heteroatoms. The van der Waals surface area contributed by atoms with Crippen molar-refractivity contribution in [3.05, 3.63) is 71.7 Å². The van der Waals surface area contributed by atoms with E-state index in [1.165, 1.54) is 0 Å². The van der Waals surface area contributed by atoms with Gasteiger partial charge in [0.05, 0.1) is 17.9 Å². The Morgan fingerprint density at radius 2 is 1.89 bits per heavy atom. The van der Waals surface area contributed by atoms with Crippen LogP contribution in [0.2, 0.25) is 0 Å². The van der Waals surface area contributed by atoms with Crippen LogP contribution in [0.5, 0.6) is 5.75 Å². The highest BCUT2D eigenvalue weighted by Crippen LogP contribution is 2.20. The van der Waals surface area contributed by atoms with E-state index in [4.69, 9.17) is 10.00 Å². The zero-order chi connectivity index (χ0) is 19.9. The number of hydrogen-bond donors (Lipinski definition) is 2. The molecule has 1 heterocycles. The van der Waals surface area contributed by atoms with Crippen molar-refractivity contribution in [3.63, 3.8) is 0 Å². The highest BCUT2D eigenvalue weighted by atomic mass is 16.5. The minimum Gasteiger partial charge on any atom is -0.494 e. The number of amides is 1. The number of para-hydroxylation sites is 1. The highest BCUT2D eigenvalue weighted by molar-refractivity contribution is 6.04. The van der Waals surface area contributed by atoms with Crippen LogP contribution in [0, 0.1) is 18.3 Å². The molecule has 1 amide bonds. The zero-order valence-electron chi connectivity index (χ0n) is 15.6. The largest absolute Gasteiger partial charge is 0.494 e. The van der Waals surface area contributed by atoms with Gasteiger partial charge in [-0.25, -0.2) is 9.97 Å². The lowest BCUT2D eigenvalue weighted by Gasteiger charge is -2.10. The van der Waals surface area contributed by atoms with Crippen LogP contribution >= 0.6 is 0 Å². The number of nitrogens with one attached hydrogen (secondary N) is 2. The molecule has 0 aliphatic heterocycles. The van der Waals surface area contributed by atoms with Crippen LogP contribution in [0.15, 0.2) is 54.6 Å². The standard InChI is InChI=1S/C21H19N5O2/c1-3-28-17-10-8-16(9-11-17)25-20-12-19(23-14(2)24-20)21(27)26-18-7-5-4-6-15(18)13-22/h4-12H,3H2,1-2H3,(H,26,27)(H,23,24,25). The van der Waals surface area contributed by atoms with Crippen molar-refractivity contribution in [3.8, 4) is 11.8 Å². The molecule has 0 unspecified atom stereocenters. The SMILES string of the molecule is CCOc1ccc(Nc2cc(C(=O)Nc3ccccc3C#N)nc(C)n2)cc1. The summed E-state index contributed by atoms with van der Waals surface area (Å²) >= 11 is 0. The summed E-state index contributed by atoms with van der Waals surface area (Å²) in [5, 5.41) is 15.0.